The van der Waals surface area contributed by atoms with Gasteiger partial charge in [0.05, 0.1) is 4.88 Å². The highest BCUT2D eigenvalue weighted by Crippen LogP contribution is 2.24. The van der Waals surface area contributed by atoms with Crippen LogP contribution in [0.1, 0.15) is 4.88 Å². The van der Waals surface area contributed by atoms with E-state index >= 15 is 0 Å². The molecule has 2 aromatic rings. The minimum atomic E-state index is 0.785. The Morgan fingerprint density at radius 1 is 1.31 bits per heavy atom. The molecular formula is C9H7BrN2S. The largest absolute Gasteiger partial charge is 0.236 e. The van der Waals surface area contributed by atoms with Gasteiger partial charge in [-0.3, -0.25) is 0 Å². The van der Waals surface area contributed by atoms with Crippen LogP contribution in [-0.4, -0.2) is 9.97 Å². The molecule has 2 heterocycles. The molecular weight excluding hydrogens is 248 g/mol. The maximum atomic E-state index is 4.27. The summed E-state index contributed by atoms with van der Waals surface area (Å²) in [6.07, 6.45) is 1.75. The lowest BCUT2D eigenvalue weighted by Crippen LogP contribution is -1.84. The lowest BCUT2D eigenvalue weighted by atomic mass is 10.4. The SMILES string of the molecule is Cc1ccc(-c2nccc(Br)n2)s1. The van der Waals surface area contributed by atoms with Gasteiger partial charge in [-0.25, -0.2) is 9.97 Å². The first-order valence-electron chi connectivity index (χ1n) is 3.81. The van der Waals surface area contributed by atoms with Crippen LogP contribution in [0.2, 0.25) is 0 Å². The van der Waals surface area contributed by atoms with Crippen LogP contribution in [0.4, 0.5) is 0 Å². The fourth-order valence-corrected chi connectivity index (χ4v) is 2.10. The standard InChI is InChI=1S/C9H7BrN2S/c1-6-2-3-7(13-6)9-11-5-4-8(10)12-9/h2-5H,1H3. The highest BCUT2D eigenvalue weighted by Gasteiger charge is 2.03. The zero-order valence-corrected chi connectivity index (χ0v) is 9.39. The zero-order chi connectivity index (χ0) is 9.26. The van der Waals surface area contributed by atoms with Crippen molar-refractivity contribution in [1.82, 2.24) is 9.97 Å². The highest BCUT2D eigenvalue weighted by molar-refractivity contribution is 9.10. The Kier molecular flexibility index (Phi) is 2.42. The molecule has 4 heteroatoms. The van der Waals surface area contributed by atoms with Crippen molar-refractivity contribution in [1.29, 1.82) is 0 Å². The molecule has 0 saturated carbocycles. The molecule has 0 amide bonds. The van der Waals surface area contributed by atoms with E-state index in [2.05, 4.69) is 38.9 Å². The highest BCUT2D eigenvalue weighted by atomic mass is 79.9. The fourth-order valence-electron chi connectivity index (χ4n) is 1.01. The molecule has 13 heavy (non-hydrogen) atoms. The number of thiophene rings is 1. The van der Waals surface area contributed by atoms with Crippen molar-refractivity contribution in [2.24, 2.45) is 0 Å². The first-order chi connectivity index (χ1) is 6.25. The number of hydrogen-bond donors (Lipinski definition) is 0. The van der Waals surface area contributed by atoms with Crippen LogP contribution < -0.4 is 0 Å². The van der Waals surface area contributed by atoms with E-state index in [0.717, 1.165) is 15.3 Å². The van der Waals surface area contributed by atoms with Crippen LogP contribution in [0.15, 0.2) is 29.0 Å². The summed E-state index contributed by atoms with van der Waals surface area (Å²) in [7, 11) is 0. The predicted molar refractivity (Wildman–Crippen MR) is 57.8 cm³/mol. The molecule has 0 spiro atoms. The van der Waals surface area contributed by atoms with Crippen molar-refractivity contribution in [3.05, 3.63) is 33.9 Å². The Labute approximate surface area is 88.8 Å². The molecule has 0 N–H and O–H groups in total. The normalized spacial score (nSPS) is 10.3. The Balaban J connectivity index is 2.46. The first kappa shape index (κ1) is 8.84. The third-order valence-corrected chi connectivity index (χ3v) is 3.02. The Bertz CT molecular complexity index is 425. The molecule has 0 radical (unpaired) electrons. The minimum Gasteiger partial charge on any atom is -0.236 e. The molecule has 2 nitrogen and oxygen atoms in total. The summed E-state index contributed by atoms with van der Waals surface area (Å²) in [5, 5.41) is 0. The van der Waals surface area contributed by atoms with Gasteiger partial charge >= 0.3 is 0 Å². The second-order valence-corrected chi connectivity index (χ2v) is 4.71. The summed E-state index contributed by atoms with van der Waals surface area (Å²) in [5.41, 5.74) is 0. The van der Waals surface area contributed by atoms with Gasteiger partial charge in [0, 0.05) is 11.1 Å². The summed E-state index contributed by atoms with van der Waals surface area (Å²) in [5.74, 6) is 0.785. The lowest BCUT2D eigenvalue weighted by Gasteiger charge is -1.94. The monoisotopic (exact) mass is 254 g/mol. The first-order valence-corrected chi connectivity index (χ1v) is 5.42. The molecule has 0 aliphatic heterocycles. The fraction of sp³-hybridized carbons (Fsp3) is 0.111. The second-order valence-electron chi connectivity index (χ2n) is 2.61. The van der Waals surface area contributed by atoms with Gasteiger partial charge in [0.15, 0.2) is 5.82 Å². The summed E-state index contributed by atoms with van der Waals surface area (Å²) < 4.78 is 0.823. The summed E-state index contributed by atoms with van der Waals surface area (Å²) in [6, 6.07) is 5.94. The average Bonchev–Trinajstić information content (AvgIpc) is 2.52. The summed E-state index contributed by atoms with van der Waals surface area (Å²) in [6.45, 7) is 2.08. The second kappa shape index (κ2) is 3.55. The number of aryl methyl sites for hydroxylation is 1. The number of rotatable bonds is 1. The van der Waals surface area contributed by atoms with E-state index in [0.29, 0.717) is 0 Å². The van der Waals surface area contributed by atoms with Gasteiger partial charge in [0.25, 0.3) is 0 Å². The molecule has 2 rings (SSSR count). The number of nitrogens with zero attached hydrogens (tertiary/aromatic N) is 2. The van der Waals surface area contributed by atoms with Crippen LogP contribution >= 0.6 is 27.3 Å². The van der Waals surface area contributed by atoms with Crippen molar-refractivity contribution in [2.75, 3.05) is 0 Å². The van der Waals surface area contributed by atoms with Gasteiger partial charge in [-0.1, -0.05) is 0 Å². The number of hydrogen-bond acceptors (Lipinski definition) is 3. The van der Waals surface area contributed by atoms with Crippen LogP contribution in [0.3, 0.4) is 0 Å². The molecule has 0 atom stereocenters. The van der Waals surface area contributed by atoms with Gasteiger partial charge in [-0.05, 0) is 41.1 Å². The van der Waals surface area contributed by atoms with E-state index < -0.39 is 0 Å². The molecule has 0 saturated heterocycles. The van der Waals surface area contributed by atoms with Crippen LogP contribution in [-0.2, 0) is 0 Å². The van der Waals surface area contributed by atoms with Crippen LogP contribution in [0.5, 0.6) is 0 Å². The molecule has 0 aromatic carbocycles. The summed E-state index contributed by atoms with van der Waals surface area (Å²) >= 11 is 5.02. The number of halogens is 1. The molecule has 2 aromatic heterocycles. The minimum absolute atomic E-state index is 0.785. The van der Waals surface area contributed by atoms with Gasteiger partial charge in [0.1, 0.15) is 4.60 Å². The van der Waals surface area contributed by atoms with E-state index in [1.807, 2.05) is 12.1 Å². The quantitative estimate of drug-likeness (QED) is 0.731. The molecule has 66 valence electrons. The van der Waals surface area contributed by atoms with E-state index in [1.54, 1.807) is 17.5 Å². The predicted octanol–water partition coefficient (Wildman–Crippen LogP) is 3.28. The van der Waals surface area contributed by atoms with Crippen molar-refractivity contribution < 1.29 is 0 Å². The van der Waals surface area contributed by atoms with E-state index in [9.17, 15) is 0 Å². The average molecular weight is 255 g/mol. The third-order valence-electron chi connectivity index (χ3n) is 1.58. The van der Waals surface area contributed by atoms with E-state index in [1.165, 1.54) is 4.88 Å². The van der Waals surface area contributed by atoms with Crippen molar-refractivity contribution in [3.8, 4) is 10.7 Å². The Morgan fingerprint density at radius 3 is 2.77 bits per heavy atom. The van der Waals surface area contributed by atoms with Gasteiger partial charge in [0.2, 0.25) is 0 Å². The van der Waals surface area contributed by atoms with Crippen LogP contribution in [0, 0.1) is 6.92 Å². The summed E-state index contributed by atoms with van der Waals surface area (Å²) in [4.78, 5) is 10.9. The van der Waals surface area contributed by atoms with Crippen molar-refractivity contribution in [3.63, 3.8) is 0 Å². The van der Waals surface area contributed by atoms with Crippen molar-refractivity contribution >= 4 is 27.3 Å². The maximum Gasteiger partial charge on any atom is 0.170 e. The van der Waals surface area contributed by atoms with Gasteiger partial charge in [-0.15, -0.1) is 11.3 Å². The smallest absolute Gasteiger partial charge is 0.170 e. The van der Waals surface area contributed by atoms with Crippen LogP contribution in [0.25, 0.3) is 10.7 Å². The molecule has 0 unspecified atom stereocenters. The Hall–Kier alpha value is -0.740. The van der Waals surface area contributed by atoms with Gasteiger partial charge < -0.3 is 0 Å². The topological polar surface area (TPSA) is 25.8 Å². The third kappa shape index (κ3) is 1.95. The molecule has 0 aliphatic carbocycles. The van der Waals surface area contributed by atoms with Crippen molar-refractivity contribution in [2.45, 2.75) is 6.92 Å². The number of aromatic nitrogens is 2. The maximum absolute atomic E-state index is 4.27. The van der Waals surface area contributed by atoms with E-state index in [4.69, 9.17) is 0 Å². The molecule has 0 aliphatic rings. The zero-order valence-electron chi connectivity index (χ0n) is 6.99. The Morgan fingerprint density at radius 2 is 2.15 bits per heavy atom. The molecule has 0 fully saturated rings. The molecule has 0 bridgehead atoms. The van der Waals surface area contributed by atoms with E-state index in [-0.39, 0.29) is 0 Å². The van der Waals surface area contributed by atoms with Gasteiger partial charge in [-0.2, -0.15) is 0 Å². The lowest BCUT2D eigenvalue weighted by molar-refractivity contribution is 1.16.